The zero-order chi connectivity index (χ0) is 14.0. The quantitative estimate of drug-likeness (QED) is 0.713. The molecule has 2 atom stereocenters. The Morgan fingerprint density at radius 2 is 2.21 bits per heavy atom. The Kier molecular flexibility index (Phi) is 4.35. The zero-order valence-corrected chi connectivity index (χ0v) is 12.8. The maximum absolute atomic E-state index is 10.5. The van der Waals surface area contributed by atoms with Crippen LogP contribution >= 0.6 is 0 Å². The molecule has 0 aromatic carbocycles. The van der Waals surface area contributed by atoms with Crippen molar-refractivity contribution < 1.29 is 5.11 Å². The monoisotopic (exact) mass is 260 g/mol. The predicted molar refractivity (Wildman–Crippen MR) is 82.0 cm³/mol. The summed E-state index contributed by atoms with van der Waals surface area (Å²) in [5.74, 6) is 0. The Balaban J connectivity index is 2.33. The Morgan fingerprint density at radius 1 is 1.47 bits per heavy atom. The second-order valence-corrected chi connectivity index (χ2v) is 6.46. The minimum absolute atomic E-state index is 0.0401. The molecule has 106 valence electrons. The van der Waals surface area contributed by atoms with E-state index < -0.39 is 0 Å². The van der Waals surface area contributed by atoms with Crippen molar-refractivity contribution in [2.24, 2.45) is 5.41 Å². The lowest BCUT2D eigenvalue weighted by Gasteiger charge is -2.46. The largest absolute Gasteiger partial charge is 0.392 e. The fourth-order valence-electron chi connectivity index (χ4n) is 3.72. The summed E-state index contributed by atoms with van der Waals surface area (Å²) in [6, 6.07) is 0. The molecule has 1 N–H and O–H groups in total. The Morgan fingerprint density at radius 3 is 2.89 bits per heavy atom. The maximum atomic E-state index is 10.5. The van der Waals surface area contributed by atoms with E-state index in [0.29, 0.717) is 0 Å². The highest BCUT2D eigenvalue weighted by atomic mass is 16.3. The highest BCUT2D eigenvalue weighted by Crippen LogP contribution is 2.52. The van der Waals surface area contributed by atoms with Gasteiger partial charge in [0.1, 0.15) is 0 Å². The van der Waals surface area contributed by atoms with Crippen LogP contribution in [0.4, 0.5) is 0 Å². The van der Waals surface area contributed by atoms with Gasteiger partial charge in [-0.3, -0.25) is 0 Å². The highest BCUT2D eigenvalue weighted by molar-refractivity contribution is 5.53. The standard InChI is InChI=1S/C18H28O/c1-5-6-7-9-15-12-18(4)16(14(3)13(15)2)10-8-11-17(18)19/h9,17,19H,2,5-8,10-12H2,1,3-4H3/b15-9+/t17-,18-/m0/s1. The summed E-state index contributed by atoms with van der Waals surface area (Å²) in [6.45, 7) is 11.0. The summed E-state index contributed by atoms with van der Waals surface area (Å²) in [7, 11) is 0. The van der Waals surface area contributed by atoms with E-state index in [2.05, 4.69) is 33.4 Å². The molecule has 0 heterocycles. The van der Waals surface area contributed by atoms with Crippen molar-refractivity contribution in [3.63, 3.8) is 0 Å². The molecule has 0 bridgehead atoms. The molecule has 19 heavy (non-hydrogen) atoms. The molecule has 1 nitrogen and oxygen atoms in total. The van der Waals surface area contributed by atoms with Crippen molar-refractivity contribution >= 4 is 0 Å². The molecule has 0 amide bonds. The SMILES string of the molecule is C=C1C(C)=C2CCC[C@H](O)[C@@]2(C)C/C1=C\CCCC. The molecule has 0 unspecified atom stereocenters. The number of hydrogen-bond acceptors (Lipinski definition) is 1. The molecule has 2 rings (SSSR count). The molecule has 0 saturated heterocycles. The molecule has 0 aromatic heterocycles. The van der Waals surface area contributed by atoms with E-state index in [4.69, 9.17) is 0 Å². The van der Waals surface area contributed by atoms with Crippen molar-refractivity contribution in [1.82, 2.24) is 0 Å². The van der Waals surface area contributed by atoms with Crippen LogP contribution in [-0.4, -0.2) is 11.2 Å². The van der Waals surface area contributed by atoms with E-state index in [9.17, 15) is 5.11 Å². The van der Waals surface area contributed by atoms with Gasteiger partial charge in [-0.25, -0.2) is 0 Å². The summed E-state index contributed by atoms with van der Waals surface area (Å²) < 4.78 is 0. The second-order valence-electron chi connectivity index (χ2n) is 6.46. The molecule has 2 aliphatic rings. The summed E-state index contributed by atoms with van der Waals surface area (Å²) in [5, 5.41) is 10.5. The molecular weight excluding hydrogens is 232 g/mol. The van der Waals surface area contributed by atoms with E-state index in [0.717, 1.165) is 32.1 Å². The van der Waals surface area contributed by atoms with Crippen molar-refractivity contribution in [2.75, 3.05) is 0 Å². The van der Waals surface area contributed by atoms with E-state index in [1.807, 2.05) is 0 Å². The number of rotatable bonds is 3. The fraction of sp³-hybridized carbons (Fsp3) is 0.667. The number of hydrogen-bond donors (Lipinski definition) is 1. The molecule has 1 fully saturated rings. The predicted octanol–water partition coefficient (Wildman–Crippen LogP) is 4.93. The third-order valence-electron chi connectivity index (χ3n) is 5.13. The van der Waals surface area contributed by atoms with E-state index >= 15 is 0 Å². The van der Waals surface area contributed by atoms with Gasteiger partial charge in [0.05, 0.1) is 6.10 Å². The van der Waals surface area contributed by atoms with Crippen LogP contribution in [0, 0.1) is 5.41 Å². The molecule has 1 saturated carbocycles. The lowest BCUT2D eigenvalue weighted by Crippen LogP contribution is -2.40. The van der Waals surface area contributed by atoms with E-state index in [1.54, 1.807) is 0 Å². The zero-order valence-electron chi connectivity index (χ0n) is 12.8. The minimum atomic E-state index is -0.186. The summed E-state index contributed by atoms with van der Waals surface area (Å²) in [5.41, 5.74) is 5.36. The van der Waals surface area contributed by atoms with Gasteiger partial charge < -0.3 is 5.11 Å². The second kappa shape index (κ2) is 5.66. The number of aliphatic hydroxyl groups is 1. The van der Waals surface area contributed by atoms with Crippen LogP contribution in [-0.2, 0) is 0 Å². The van der Waals surface area contributed by atoms with Crippen LogP contribution in [0.25, 0.3) is 0 Å². The summed E-state index contributed by atoms with van der Waals surface area (Å²) in [6.07, 6.45) is 9.96. The fourth-order valence-corrected chi connectivity index (χ4v) is 3.72. The normalized spacial score (nSPS) is 33.8. The average Bonchev–Trinajstić information content (AvgIpc) is 2.38. The minimum Gasteiger partial charge on any atom is -0.392 e. The first-order chi connectivity index (χ1) is 9.00. The molecule has 0 aliphatic heterocycles. The van der Waals surface area contributed by atoms with Gasteiger partial charge in [-0.1, -0.05) is 44.9 Å². The van der Waals surface area contributed by atoms with Crippen LogP contribution in [0.5, 0.6) is 0 Å². The van der Waals surface area contributed by atoms with Gasteiger partial charge in [0.25, 0.3) is 0 Å². The van der Waals surface area contributed by atoms with Gasteiger partial charge in [0.15, 0.2) is 0 Å². The molecule has 0 spiro atoms. The van der Waals surface area contributed by atoms with Crippen LogP contribution in [0.15, 0.2) is 34.9 Å². The van der Waals surface area contributed by atoms with E-state index in [1.165, 1.54) is 35.1 Å². The van der Waals surface area contributed by atoms with Gasteiger partial charge in [-0.15, -0.1) is 0 Å². The lowest BCUT2D eigenvalue weighted by molar-refractivity contribution is 0.0344. The van der Waals surface area contributed by atoms with Crippen LogP contribution in [0.1, 0.15) is 65.7 Å². The van der Waals surface area contributed by atoms with Gasteiger partial charge >= 0.3 is 0 Å². The third kappa shape index (κ3) is 2.58. The van der Waals surface area contributed by atoms with Gasteiger partial charge in [-0.05, 0) is 55.7 Å². The number of aliphatic hydroxyl groups excluding tert-OH is 1. The topological polar surface area (TPSA) is 20.2 Å². The van der Waals surface area contributed by atoms with Crippen LogP contribution in [0.2, 0.25) is 0 Å². The van der Waals surface area contributed by atoms with Gasteiger partial charge in [-0.2, -0.15) is 0 Å². The van der Waals surface area contributed by atoms with Crippen molar-refractivity contribution in [3.05, 3.63) is 34.9 Å². The highest BCUT2D eigenvalue weighted by Gasteiger charge is 2.43. The molecule has 2 aliphatic carbocycles. The number of fused-ring (bicyclic) bond motifs is 1. The maximum Gasteiger partial charge on any atom is 0.0634 e. The van der Waals surface area contributed by atoms with Gasteiger partial charge in [0, 0.05) is 5.41 Å². The first-order valence-corrected chi connectivity index (χ1v) is 7.77. The Labute approximate surface area is 118 Å². The number of allylic oxidation sites excluding steroid dienone is 4. The molecule has 0 radical (unpaired) electrons. The lowest BCUT2D eigenvalue weighted by atomic mass is 9.60. The molecular formula is C18H28O. The van der Waals surface area contributed by atoms with Crippen LogP contribution < -0.4 is 0 Å². The first kappa shape index (κ1) is 14.6. The molecule has 0 aromatic rings. The Bertz CT molecular complexity index is 427. The summed E-state index contributed by atoms with van der Waals surface area (Å²) in [4.78, 5) is 0. The van der Waals surface area contributed by atoms with Crippen molar-refractivity contribution in [3.8, 4) is 0 Å². The average molecular weight is 260 g/mol. The van der Waals surface area contributed by atoms with E-state index in [-0.39, 0.29) is 11.5 Å². The number of unbranched alkanes of at least 4 members (excludes halogenated alkanes) is 2. The van der Waals surface area contributed by atoms with Crippen molar-refractivity contribution in [1.29, 1.82) is 0 Å². The van der Waals surface area contributed by atoms with Crippen molar-refractivity contribution in [2.45, 2.75) is 71.8 Å². The summed E-state index contributed by atoms with van der Waals surface area (Å²) >= 11 is 0. The Hall–Kier alpha value is -0.820. The first-order valence-electron chi connectivity index (χ1n) is 7.77. The third-order valence-corrected chi connectivity index (χ3v) is 5.13. The van der Waals surface area contributed by atoms with Crippen LogP contribution in [0.3, 0.4) is 0 Å². The van der Waals surface area contributed by atoms with Gasteiger partial charge in [0.2, 0.25) is 0 Å². The molecule has 1 heteroatoms. The smallest absolute Gasteiger partial charge is 0.0634 e.